The molecule has 0 rings (SSSR count). The van der Waals surface area contributed by atoms with Crippen LogP contribution in [0.3, 0.4) is 0 Å². The first-order valence-electron chi connectivity index (χ1n) is 6.22. The number of hydrogen-bond acceptors (Lipinski definition) is 2. The molecule has 0 aromatic heterocycles. The van der Waals surface area contributed by atoms with Crippen molar-refractivity contribution in [3.63, 3.8) is 0 Å². The predicted molar refractivity (Wildman–Crippen MR) is 67.0 cm³/mol. The van der Waals surface area contributed by atoms with Gasteiger partial charge < -0.3 is 16.6 Å². The number of hydrogen-bond donors (Lipinski definition) is 0. The molecule has 0 saturated heterocycles. The zero-order chi connectivity index (χ0) is 11.5. The normalized spacial score (nSPS) is 10.9. The van der Waals surface area contributed by atoms with E-state index in [2.05, 4.69) is 32.7 Å². The second kappa shape index (κ2) is 13.7. The summed E-state index contributed by atoms with van der Waals surface area (Å²) in [7, 11) is 2.20. The van der Waals surface area contributed by atoms with Gasteiger partial charge in [-0.2, -0.15) is 6.42 Å². The fourth-order valence-corrected chi connectivity index (χ4v) is 1.61. The van der Waals surface area contributed by atoms with Crippen molar-refractivity contribution in [1.82, 2.24) is 4.90 Å². The molecule has 0 heterocycles. The molecule has 3 heteroatoms. The van der Waals surface area contributed by atoms with Crippen LogP contribution < -0.4 is 0 Å². The summed E-state index contributed by atoms with van der Waals surface area (Å²) in [6.45, 7) is 12.5. The Labute approximate surface area is 116 Å². The van der Waals surface area contributed by atoms with Crippen LogP contribution >= 0.6 is 0 Å². The van der Waals surface area contributed by atoms with Crippen molar-refractivity contribution in [2.75, 3.05) is 33.4 Å². The SMILES string of the molecule is [CH2-]CCCOCCCCN(C)CC(C)C.[W]. The van der Waals surface area contributed by atoms with Gasteiger partial charge in [0.15, 0.2) is 0 Å². The maximum atomic E-state index is 5.48. The van der Waals surface area contributed by atoms with E-state index < -0.39 is 0 Å². The Balaban J connectivity index is 0. The molecule has 0 aromatic rings. The minimum absolute atomic E-state index is 0. The quantitative estimate of drug-likeness (QED) is 0.415. The molecule has 0 radical (unpaired) electrons. The standard InChI is InChI=1S/C13H28NO.W/c1-5-6-10-15-11-8-7-9-14(4)12-13(2)3;/h13H,1,5-12H2,2-4H3;/q-1;. The van der Waals surface area contributed by atoms with Crippen LogP contribution in [0, 0.1) is 12.8 Å². The number of rotatable bonds is 10. The van der Waals surface area contributed by atoms with Crippen LogP contribution in [0.15, 0.2) is 0 Å². The van der Waals surface area contributed by atoms with Gasteiger partial charge in [0.05, 0.1) is 0 Å². The van der Waals surface area contributed by atoms with Crippen molar-refractivity contribution in [3.8, 4) is 0 Å². The average Bonchev–Trinajstić information content (AvgIpc) is 2.15. The Bertz CT molecular complexity index is 131. The molecule has 0 aromatic carbocycles. The minimum Gasteiger partial charge on any atom is -0.382 e. The molecule has 0 spiro atoms. The van der Waals surface area contributed by atoms with Gasteiger partial charge in [0.25, 0.3) is 0 Å². The van der Waals surface area contributed by atoms with Gasteiger partial charge in [-0.1, -0.05) is 20.3 Å². The van der Waals surface area contributed by atoms with Crippen molar-refractivity contribution < 1.29 is 25.8 Å². The molecule has 0 amide bonds. The zero-order valence-corrected chi connectivity index (χ0v) is 14.1. The molecule has 2 nitrogen and oxygen atoms in total. The second-order valence-corrected chi connectivity index (χ2v) is 4.68. The van der Waals surface area contributed by atoms with Crippen LogP contribution in [0.5, 0.6) is 0 Å². The van der Waals surface area contributed by atoms with Crippen LogP contribution in [-0.2, 0) is 25.8 Å². The fourth-order valence-electron chi connectivity index (χ4n) is 1.61. The van der Waals surface area contributed by atoms with Gasteiger partial charge in [0.2, 0.25) is 0 Å². The van der Waals surface area contributed by atoms with Crippen LogP contribution in [0.2, 0.25) is 0 Å². The monoisotopic (exact) mass is 398 g/mol. The Morgan fingerprint density at radius 2 is 1.75 bits per heavy atom. The third-order valence-electron chi connectivity index (χ3n) is 2.29. The van der Waals surface area contributed by atoms with Crippen molar-refractivity contribution in [2.24, 2.45) is 5.92 Å². The summed E-state index contributed by atoms with van der Waals surface area (Å²) >= 11 is 0. The first kappa shape index (κ1) is 19.0. The second-order valence-electron chi connectivity index (χ2n) is 4.68. The summed E-state index contributed by atoms with van der Waals surface area (Å²) in [5, 5.41) is 0. The van der Waals surface area contributed by atoms with Crippen LogP contribution in [0.25, 0.3) is 0 Å². The fraction of sp³-hybridized carbons (Fsp3) is 0.923. The van der Waals surface area contributed by atoms with E-state index in [0.717, 1.165) is 32.0 Å². The van der Waals surface area contributed by atoms with E-state index in [4.69, 9.17) is 4.74 Å². The summed E-state index contributed by atoms with van der Waals surface area (Å²) in [6, 6.07) is 0. The first-order valence-corrected chi connectivity index (χ1v) is 6.22. The molecule has 0 fully saturated rings. The van der Waals surface area contributed by atoms with Crippen molar-refractivity contribution in [1.29, 1.82) is 0 Å². The molecular formula is C13H28NOW-. The smallest absolute Gasteiger partial charge is 0.0466 e. The maximum absolute atomic E-state index is 5.48. The van der Waals surface area contributed by atoms with E-state index >= 15 is 0 Å². The molecule has 0 atom stereocenters. The number of nitrogens with zero attached hydrogens (tertiary/aromatic N) is 1. The van der Waals surface area contributed by atoms with E-state index in [1.807, 2.05) is 0 Å². The van der Waals surface area contributed by atoms with Crippen LogP contribution in [-0.4, -0.2) is 38.3 Å². The summed E-state index contributed by atoms with van der Waals surface area (Å²) in [5.41, 5.74) is 0. The molecule has 0 aliphatic carbocycles. The molecular weight excluding hydrogens is 370 g/mol. The molecule has 0 aliphatic rings. The minimum atomic E-state index is 0. The van der Waals surface area contributed by atoms with E-state index in [1.54, 1.807) is 0 Å². The largest absolute Gasteiger partial charge is 0.382 e. The maximum Gasteiger partial charge on any atom is 0.0466 e. The van der Waals surface area contributed by atoms with Gasteiger partial charge in [-0.25, -0.2) is 0 Å². The molecule has 0 bridgehead atoms. The van der Waals surface area contributed by atoms with E-state index in [1.165, 1.54) is 25.9 Å². The van der Waals surface area contributed by atoms with Gasteiger partial charge in [0, 0.05) is 40.8 Å². The third-order valence-corrected chi connectivity index (χ3v) is 2.29. The number of unbranched alkanes of at least 4 members (excludes halogenated alkanes) is 2. The Kier molecular flexibility index (Phi) is 16.2. The zero-order valence-electron chi connectivity index (χ0n) is 11.2. The molecule has 98 valence electrons. The topological polar surface area (TPSA) is 12.5 Å². The average molecular weight is 398 g/mol. The van der Waals surface area contributed by atoms with E-state index in [0.29, 0.717) is 0 Å². The summed E-state index contributed by atoms with van der Waals surface area (Å²) < 4.78 is 5.48. The summed E-state index contributed by atoms with van der Waals surface area (Å²) in [4.78, 5) is 2.40. The Morgan fingerprint density at radius 3 is 2.31 bits per heavy atom. The molecule has 0 aliphatic heterocycles. The van der Waals surface area contributed by atoms with Gasteiger partial charge in [-0.3, -0.25) is 0 Å². The van der Waals surface area contributed by atoms with E-state index in [9.17, 15) is 0 Å². The van der Waals surface area contributed by atoms with Crippen LogP contribution in [0.1, 0.15) is 39.5 Å². The summed E-state index contributed by atoms with van der Waals surface area (Å²) in [5.74, 6) is 0.767. The van der Waals surface area contributed by atoms with Gasteiger partial charge in [-0.05, 0) is 32.4 Å². The Morgan fingerprint density at radius 1 is 1.12 bits per heavy atom. The van der Waals surface area contributed by atoms with Gasteiger partial charge in [-0.15, -0.1) is 0 Å². The molecule has 0 N–H and O–H groups in total. The van der Waals surface area contributed by atoms with Crippen molar-refractivity contribution in [2.45, 2.75) is 39.5 Å². The van der Waals surface area contributed by atoms with Gasteiger partial charge >= 0.3 is 0 Å². The first-order chi connectivity index (χ1) is 7.16. The third kappa shape index (κ3) is 14.6. The van der Waals surface area contributed by atoms with Gasteiger partial charge in [0.1, 0.15) is 0 Å². The van der Waals surface area contributed by atoms with Crippen molar-refractivity contribution >= 4 is 0 Å². The Hall–Kier alpha value is 0.608. The molecule has 0 saturated carbocycles. The predicted octanol–water partition coefficient (Wildman–Crippen LogP) is 2.98. The van der Waals surface area contributed by atoms with E-state index in [-0.39, 0.29) is 21.1 Å². The van der Waals surface area contributed by atoms with Crippen molar-refractivity contribution in [3.05, 3.63) is 6.92 Å². The molecule has 0 unspecified atom stereocenters. The van der Waals surface area contributed by atoms with Crippen LogP contribution in [0.4, 0.5) is 0 Å². The number of ether oxygens (including phenoxy) is 1. The summed E-state index contributed by atoms with van der Waals surface area (Å²) in [6.07, 6.45) is 4.50. The molecule has 16 heavy (non-hydrogen) atoms.